The van der Waals surface area contributed by atoms with E-state index in [-0.39, 0.29) is 0 Å². The Kier molecular flexibility index (Phi) is 3.28. The number of thioether (sulfide) groups is 1. The van der Waals surface area contributed by atoms with E-state index in [1.165, 1.54) is 17.3 Å². The van der Waals surface area contributed by atoms with Crippen molar-refractivity contribution < 1.29 is 15.3 Å². The first kappa shape index (κ1) is 10.9. The Morgan fingerprint density at radius 1 is 1.47 bits per heavy atom. The van der Waals surface area contributed by atoms with Gasteiger partial charge in [-0.15, -0.1) is 0 Å². The average molecular weight is 263 g/mol. The zero-order valence-corrected chi connectivity index (χ0v) is 10.3. The molecule has 0 aromatic heterocycles. The van der Waals surface area contributed by atoms with Gasteiger partial charge >= 0.3 is 102 Å². The van der Waals surface area contributed by atoms with Gasteiger partial charge in [0.2, 0.25) is 0 Å². The molecule has 0 bridgehead atoms. The van der Waals surface area contributed by atoms with Crippen LogP contribution in [0.15, 0.2) is 24.3 Å². The Balaban J connectivity index is 2.44. The minimum absolute atomic E-state index is 0.569. The zero-order valence-electron chi connectivity index (χ0n) is 8.41. The SMILES string of the molecule is CCc1ccccc1N1C(=N)SC[C]1=[Co]. The van der Waals surface area contributed by atoms with Gasteiger partial charge in [0.25, 0.3) is 0 Å². The third kappa shape index (κ3) is 2.02. The second-order valence-corrected chi connectivity index (χ2v) is 4.83. The summed E-state index contributed by atoms with van der Waals surface area (Å²) in [5.41, 5.74) is 2.35. The quantitative estimate of drug-likeness (QED) is 0.887. The van der Waals surface area contributed by atoms with Crippen molar-refractivity contribution in [3.63, 3.8) is 0 Å². The van der Waals surface area contributed by atoms with Crippen LogP contribution in [0, 0.1) is 5.41 Å². The Labute approximate surface area is 102 Å². The van der Waals surface area contributed by atoms with Crippen LogP contribution in [-0.2, 0) is 21.7 Å². The maximum atomic E-state index is 7.86. The average Bonchev–Trinajstić information content (AvgIpc) is 2.59. The van der Waals surface area contributed by atoms with Gasteiger partial charge in [0.05, 0.1) is 0 Å². The minimum atomic E-state index is 0.569. The van der Waals surface area contributed by atoms with E-state index in [1.54, 1.807) is 0 Å². The molecule has 0 spiro atoms. The van der Waals surface area contributed by atoms with Crippen molar-refractivity contribution in [3.05, 3.63) is 29.8 Å². The van der Waals surface area contributed by atoms with E-state index in [1.807, 2.05) is 23.1 Å². The van der Waals surface area contributed by atoms with Gasteiger partial charge in [-0.05, 0) is 0 Å². The first-order valence-corrected chi connectivity index (χ1v) is 6.33. The molecule has 1 aliphatic rings. The van der Waals surface area contributed by atoms with E-state index < -0.39 is 0 Å². The number of rotatable bonds is 2. The molecule has 1 aromatic carbocycles. The molecule has 1 heterocycles. The summed E-state index contributed by atoms with van der Waals surface area (Å²) in [4.78, 5) is 1.92. The number of amidine groups is 1. The van der Waals surface area contributed by atoms with Gasteiger partial charge in [-0.2, -0.15) is 0 Å². The Morgan fingerprint density at radius 2 is 2.20 bits per heavy atom. The van der Waals surface area contributed by atoms with Crippen molar-refractivity contribution in [2.24, 2.45) is 0 Å². The molecule has 0 unspecified atom stereocenters. The first-order chi connectivity index (χ1) is 7.24. The molecule has 15 heavy (non-hydrogen) atoms. The van der Waals surface area contributed by atoms with Crippen LogP contribution in [0.3, 0.4) is 0 Å². The molecule has 1 aliphatic heterocycles. The monoisotopic (exact) mass is 263 g/mol. The normalized spacial score (nSPS) is 16.3. The van der Waals surface area contributed by atoms with Gasteiger partial charge in [0.15, 0.2) is 0 Å². The number of anilines is 1. The summed E-state index contributed by atoms with van der Waals surface area (Å²) < 4.78 is 0.943. The molecule has 2 nitrogen and oxygen atoms in total. The van der Waals surface area contributed by atoms with Crippen LogP contribution in [0.4, 0.5) is 5.69 Å². The predicted molar refractivity (Wildman–Crippen MR) is 63.5 cm³/mol. The number of hydrogen-bond acceptors (Lipinski definition) is 2. The second kappa shape index (κ2) is 4.51. The van der Waals surface area contributed by atoms with E-state index >= 15 is 0 Å². The van der Waals surface area contributed by atoms with Crippen molar-refractivity contribution in [2.75, 3.05) is 10.7 Å². The van der Waals surface area contributed by atoms with Gasteiger partial charge in [-0.3, -0.25) is 0 Å². The molecular weight excluding hydrogens is 251 g/mol. The molecule has 1 fully saturated rings. The summed E-state index contributed by atoms with van der Waals surface area (Å²) in [6.45, 7) is 2.13. The number of nitrogens with one attached hydrogen (secondary N) is 1. The van der Waals surface area contributed by atoms with Gasteiger partial charge in [-0.1, -0.05) is 0 Å². The third-order valence-electron chi connectivity index (χ3n) is 2.37. The van der Waals surface area contributed by atoms with Crippen molar-refractivity contribution >= 4 is 27.2 Å². The maximum absolute atomic E-state index is 7.86. The third-order valence-corrected chi connectivity index (χ3v) is 3.88. The Bertz CT molecular complexity index is 401. The van der Waals surface area contributed by atoms with Gasteiger partial charge in [-0.25, -0.2) is 0 Å². The molecule has 1 aromatic rings. The number of hydrogen-bond donors (Lipinski definition) is 1. The number of benzene rings is 1. The number of nitrogens with zero attached hydrogens (tertiary/aromatic N) is 1. The Hall–Kier alpha value is -0.584. The number of aryl methyl sites for hydroxylation is 1. The molecule has 4 heteroatoms. The van der Waals surface area contributed by atoms with E-state index in [0.717, 1.165) is 22.4 Å². The summed E-state index contributed by atoms with van der Waals surface area (Å²) in [5, 5.41) is 8.43. The fourth-order valence-electron chi connectivity index (χ4n) is 1.62. The van der Waals surface area contributed by atoms with Crippen molar-refractivity contribution in [3.8, 4) is 0 Å². The Morgan fingerprint density at radius 3 is 2.80 bits per heavy atom. The van der Waals surface area contributed by atoms with Crippen LogP contribution in [-0.4, -0.2) is 15.5 Å². The molecule has 0 saturated carbocycles. The predicted octanol–water partition coefficient (Wildman–Crippen LogP) is 2.41. The van der Waals surface area contributed by atoms with E-state index in [9.17, 15) is 0 Å². The van der Waals surface area contributed by atoms with Gasteiger partial charge in [0, 0.05) is 0 Å². The van der Waals surface area contributed by atoms with Gasteiger partial charge in [0.1, 0.15) is 0 Å². The van der Waals surface area contributed by atoms with Gasteiger partial charge < -0.3 is 0 Å². The molecular formula is C11H12CoN2S. The summed E-state index contributed by atoms with van der Waals surface area (Å²) >= 11 is 6.00. The number of para-hydroxylation sites is 1. The van der Waals surface area contributed by atoms with E-state index in [2.05, 4.69) is 28.3 Å². The summed E-state index contributed by atoms with van der Waals surface area (Å²) in [6, 6.07) is 8.19. The molecule has 0 aliphatic carbocycles. The van der Waals surface area contributed by atoms with Crippen LogP contribution in [0.5, 0.6) is 0 Å². The summed E-state index contributed by atoms with van der Waals surface area (Å²) in [6.07, 6.45) is 0.977. The standard InChI is InChI=1S/C11H12N2S.Co/c1-2-9-5-3-4-6-10(9)13-7-8-14-11(13)12;/h3-6,12H,2,8H2,1H3;. The van der Waals surface area contributed by atoms with Crippen LogP contribution >= 0.6 is 11.8 Å². The topological polar surface area (TPSA) is 27.1 Å². The molecule has 81 valence electrons. The van der Waals surface area contributed by atoms with Crippen LogP contribution in [0.25, 0.3) is 0 Å². The van der Waals surface area contributed by atoms with Crippen LogP contribution in [0.2, 0.25) is 0 Å². The van der Waals surface area contributed by atoms with E-state index in [4.69, 9.17) is 5.41 Å². The van der Waals surface area contributed by atoms with E-state index in [0.29, 0.717) is 5.17 Å². The summed E-state index contributed by atoms with van der Waals surface area (Å²) in [5.74, 6) is 0.802. The zero-order chi connectivity index (χ0) is 10.8. The molecule has 1 saturated heterocycles. The fourth-order valence-corrected chi connectivity index (χ4v) is 2.87. The second-order valence-electron chi connectivity index (χ2n) is 3.26. The first-order valence-electron chi connectivity index (χ1n) is 4.82. The van der Waals surface area contributed by atoms with Crippen LogP contribution in [0.1, 0.15) is 12.5 Å². The molecule has 1 N–H and O–H groups in total. The molecule has 2 rings (SSSR count). The fraction of sp³-hybridized carbons (Fsp3) is 0.273. The van der Waals surface area contributed by atoms with Crippen LogP contribution < -0.4 is 4.90 Å². The summed E-state index contributed by atoms with van der Waals surface area (Å²) in [7, 11) is 0. The van der Waals surface area contributed by atoms with Crippen molar-refractivity contribution in [1.29, 1.82) is 5.41 Å². The molecule has 0 radical (unpaired) electrons. The van der Waals surface area contributed by atoms with Crippen molar-refractivity contribution in [1.82, 2.24) is 0 Å². The molecule has 0 amide bonds. The molecule has 0 atom stereocenters. The van der Waals surface area contributed by atoms with Crippen molar-refractivity contribution in [2.45, 2.75) is 13.3 Å².